The first-order valence-corrected chi connectivity index (χ1v) is 4.73. The van der Waals surface area contributed by atoms with E-state index >= 15 is 0 Å². The Morgan fingerprint density at radius 1 is 1.25 bits per heavy atom. The summed E-state index contributed by atoms with van der Waals surface area (Å²) in [6, 6.07) is 0. The highest BCUT2D eigenvalue weighted by Crippen LogP contribution is 2.09. The quantitative estimate of drug-likeness (QED) is 0.613. The van der Waals surface area contributed by atoms with Crippen LogP contribution in [0, 0.1) is 6.92 Å². The van der Waals surface area contributed by atoms with Crippen LogP contribution in [-0.2, 0) is 7.05 Å². The van der Waals surface area contributed by atoms with Gasteiger partial charge in [-0.05, 0) is 6.92 Å². The van der Waals surface area contributed by atoms with Gasteiger partial charge in [-0.15, -0.1) is 0 Å². The Morgan fingerprint density at radius 2 is 1.67 bits per heavy atom. The summed E-state index contributed by atoms with van der Waals surface area (Å²) in [4.78, 5) is 0. The molecule has 0 atom stereocenters. The Kier molecular flexibility index (Phi) is 10.1. The van der Waals surface area contributed by atoms with Gasteiger partial charge in [0.15, 0.2) is 5.15 Å². The van der Waals surface area contributed by atoms with Crippen LogP contribution in [0.15, 0.2) is 6.20 Å². The summed E-state index contributed by atoms with van der Waals surface area (Å²) in [5.74, 6) is 0. The van der Waals surface area contributed by atoms with Crippen molar-refractivity contribution in [2.24, 2.45) is 7.05 Å². The monoisotopic (exact) mass is 190 g/mol. The van der Waals surface area contributed by atoms with Crippen LogP contribution >= 0.6 is 11.6 Å². The van der Waals surface area contributed by atoms with Crippen molar-refractivity contribution in [2.45, 2.75) is 34.6 Å². The van der Waals surface area contributed by atoms with Crippen molar-refractivity contribution in [1.29, 1.82) is 0 Å². The molecule has 0 spiro atoms. The molecule has 0 unspecified atom stereocenters. The topological polar surface area (TPSA) is 17.8 Å². The third-order valence-electron chi connectivity index (χ3n) is 0.951. The van der Waals surface area contributed by atoms with Gasteiger partial charge in [0.1, 0.15) is 0 Å². The highest BCUT2D eigenvalue weighted by atomic mass is 35.5. The van der Waals surface area contributed by atoms with E-state index in [1.807, 2.05) is 47.9 Å². The molecule has 1 rings (SSSR count). The zero-order chi connectivity index (χ0) is 10.1. The lowest BCUT2D eigenvalue weighted by Gasteiger charge is -1.78. The molecule has 3 heteroatoms. The molecule has 0 bridgehead atoms. The molecule has 0 saturated carbocycles. The van der Waals surface area contributed by atoms with Crippen LogP contribution < -0.4 is 0 Å². The number of halogens is 1. The number of hydrogen-bond donors (Lipinski definition) is 0. The van der Waals surface area contributed by atoms with E-state index in [0.29, 0.717) is 5.15 Å². The third kappa shape index (κ3) is 5.19. The average Bonchev–Trinajstić information content (AvgIpc) is 2.37. The standard InChI is InChI=1S/C5H7ClN2.2C2H6/c1-4-3-8(2)7-5(4)6;2*1-2/h3H,1-2H3;2*1-2H3. The Labute approximate surface area is 80.5 Å². The lowest BCUT2D eigenvalue weighted by atomic mass is 10.4. The van der Waals surface area contributed by atoms with E-state index in [1.54, 1.807) is 4.68 Å². The zero-order valence-corrected chi connectivity index (χ0v) is 9.61. The Bertz CT molecular complexity index is 175. The van der Waals surface area contributed by atoms with Gasteiger partial charge in [0.05, 0.1) is 0 Å². The Balaban J connectivity index is 0. The number of aryl methyl sites for hydroxylation is 2. The first-order valence-electron chi connectivity index (χ1n) is 4.36. The number of nitrogens with zero attached hydrogens (tertiary/aromatic N) is 2. The molecule has 1 aromatic rings. The summed E-state index contributed by atoms with van der Waals surface area (Å²) >= 11 is 5.60. The van der Waals surface area contributed by atoms with Crippen LogP contribution in [0.4, 0.5) is 0 Å². The summed E-state index contributed by atoms with van der Waals surface area (Å²) in [5.41, 5.74) is 1.02. The summed E-state index contributed by atoms with van der Waals surface area (Å²) in [6.45, 7) is 9.93. The van der Waals surface area contributed by atoms with E-state index in [1.165, 1.54) is 0 Å². The third-order valence-corrected chi connectivity index (χ3v) is 1.33. The highest BCUT2D eigenvalue weighted by Gasteiger charge is 1.95. The van der Waals surface area contributed by atoms with Gasteiger partial charge in [0.2, 0.25) is 0 Å². The van der Waals surface area contributed by atoms with Gasteiger partial charge in [-0.25, -0.2) is 0 Å². The Morgan fingerprint density at radius 3 is 1.75 bits per heavy atom. The molecule has 2 nitrogen and oxygen atoms in total. The molecular formula is C9H19ClN2. The second-order valence-corrected chi connectivity index (χ2v) is 2.13. The van der Waals surface area contributed by atoms with E-state index in [0.717, 1.165) is 5.56 Å². The molecule has 0 N–H and O–H groups in total. The van der Waals surface area contributed by atoms with Gasteiger partial charge in [0.25, 0.3) is 0 Å². The maximum absolute atomic E-state index is 5.60. The summed E-state index contributed by atoms with van der Waals surface area (Å²) < 4.78 is 1.69. The van der Waals surface area contributed by atoms with E-state index in [4.69, 9.17) is 11.6 Å². The van der Waals surface area contributed by atoms with E-state index in [2.05, 4.69) is 5.10 Å². The fraction of sp³-hybridized carbons (Fsp3) is 0.667. The summed E-state index contributed by atoms with van der Waals surface area (Å²) in [7, 11) is 1.85. The molecular weight excluding hydrogens is 172 g/mol. The highest BCUT2D eigenvalue weighted by molar-refractivity contribution is 6.30. The van der Waals surface area contributed by atoms with E-state index in [9.17, 15) is 0 Å². The summed E-state index contributed by atoms with van der Waals surface area (Å²) in [5, 5.41) is 4.48. The van der Waals surface area contributed by atoms with Crippen LogP contribution in [0.25, 0.3) is 0 Å². The smallest absolute Gasteiger partial charge is 0.153 e. The minimum atomic E-state index is 0.590. The molecule has 0 saturated heterocycles. The van der Waals surface area contributed by atoms with Gasteiger partial charge < -0.3 is 0 Å². The molecule has 1 heterocycles. The van der Waals surface area contributed by atoms with Gasteiger partial charge in [-0.1, -0.05) is 39.3 Å². The molecule has 0 fully saturated rings. The van der Waals surface area contributed by atoms with Crippen molar-refractivity contribution in [3.63, 3.8) is 0 Å². The van der Waals surface area contributed by atoms with Crippen molar-refractivity contribution in [2.75, 3.05) is 0 Å². The predicted octanol–water partition coefficient (Wildman–Crippen LogP) is 3.43. The number of hydrogen-bond acceptors (Lipinski definition) is 1. The first kappa shape index (κ1) is 14.0. The van der Waals surface area contributed by atoms with Crippen LogP contribution in [0.2, 0.25) is 5.15 Å². The van der Waals surface area contributed by atoms with Crippen LogP contribution in [0.3, 0.4) is 0 Å². The van der Waals surface area contributed by atoms with Crippen LogP contribution in [0.1, 0.15) is 33.3 Å². The van der Waals surface area contributed by atoms with E-state index in [-0.39, 0.29) is 0 Å². The molecule has 12 heavy (non-hydrogen) atoms. The van der Waals surface area contributed by atoms with Crippen LogP contribution in [0.5, 0.6) is 0 Å². The zero-order valence-electron chi connectivity index (χ0n) is 8.85. The molecule has 0 aliphatic rings. The fourth-order valence-corrected chi connectivity index (χ4v) is 0.748. The minimum absolute atomic E-state index is 0.590. The second-order valence-electron chi connectivity index (χ2n) is 1.78. The van der Waals surface area contributed by atoms with Crippen molar-refractivity contribution in [3.8, 4) is 0 Å². The van der Waals surface area contributed by atoms with Gasteiger partial charge in [-0.3, -0.25) is 4.68 Å². The van der Waals surface area contributed by atoms with Crippen molar-refractivity contribution in [1.82, 2.24) is 9.78 Å². The average molecular weight is 191 g/mol. The largest absolute Gasteiger partial charge is 0.274 e. The molecule has 0 aliphatic heterocycles. The molecule has 1 aromatic heterocycles. The van der Waals surface area contributed by atoms with Crippen molar-refractivity contribution < 1.29 is 0 Å². The van der Waals surface area contributed by atoms with Crippen molar-refractivity contribution >= 4 is 11.6 Å². The predicted molar refractivity (Wildman–Crippen MR) is 55.7 cm³/mol. The maximum Gasteiger partial charge on any atom is 0.153 e. The molecule has 0 aromatic carbocycles. The Hall–Kier alpha value is -0.500. The van der Waals surface area contributed by atoms with Crippen molar-refractivity contribution in [3.05, 3.63) is 16.9 Å². The van der Waals surface area contributed by atoms with Crippen LogP contribution in [-0.4, -0.2) is 9.78 Å². The molecule has 0 amide bonds. The molecule has 0 radical (unpaired) electrons. The fourth-order valence-electron chi connectivity index (χ4n) is 0.580. The lowest BCUT2D eigenvalue weighted by molar-refractivity contribution is 0.768. The molecule has 72 valence electrons. The maximum atomic E-state index is 5.60. The normalized spacial score (nSPS) is 7.58. The number of aromatic nitrogens is 2. The number of rotatable bonds is 0. The minimum Gasteiger partial charge on any atom is -0.274 e. The lowest BCUT2D eigenvalue weighted by Crippen LogP contribution is -1.84. The SMILES string of the molecule is CC.CC.Cc1cn(C)nc1Cl. The first-order chi connectivity index (χ1) is 5.70. The molecule has 0 aliphatic carbocycles. The summed E-state index contributed by atoms with van der Waals surface area (Å²) in [6.07, 6.45) is 1.88. The van der Waals surface area contributed by atoms with Gasteiger partial charge >= 0.3 is 0 Å². The second kappa shape index (κ2) is 8.60. The van der Waals surface area contributed by atoms with Gasteiger partial charge in [-0.2, -0.15) is 5.10 Å². The van der Waals surface area contributed by atoms with E-state index < -0.39 is 0 Å². The van der Waals surface area contributed by atoms with Gasteiger partial charge in [0, 0.05) is 18.8 Å².